The minimum atomic E-state index is -0.520. The number of nitro groups is 1. The topological polar surface area (TPSA) is 90.7 Å². The zero-order valence-corrected chi connectivity index (χ0v) is 13.2. The lowest BCUT2D eigenvalue weighted by Gasteiger charge is -2.06. The summed E-state index contributed by atoms with van der Waals surface area (Å²) in [7, 11) is 3.08. The molecule has 0 unspecified atom stereocenters. The summed E-state index contributed by atoms with van der Waals surface area (Å²) in [6.45, 7) is 0. The number of carbonyl (C=O) groups excluding carboxylic acids is 1. The third-order valence-electron chi connectivity index (χ3n) is 3.13. The molecule has 7 heteroatoms. The van der Waals surface area contributed by atoms with Crippen molar-refractivity contribution in [1.29, 1.82) is 0 Å². The van der Waals surface area contributed by atoms with Crippen LogP contribution in [0, 0.1) is 10.1 Å². The number of anilines is 1. The van der Waals surface area contributed by atoms with Gasteiger partial charge in [-0.2, -0.15) is 0 Å². The monoisotopic (exact) mass is 328 g/mol. The number of methoxy groups -OCH3 is 2. The zero-order chi connectivity index (χ0) is 17.5. The van der Waals surface area contributed by atoms with Crippen LogP contribution >= 0.6 is 0 Å². The van der Waals surface area contributed by atoms with Gasteiger partial charge < -0.3 is 14.8 Å². The molecule has 2 rings (SSSR count). The fourth-order valence-corrected chi connectivity index (χ4v) is 1.98. The summed E-state index contributed by atoms with van der Waals surface area (Å²) in [6, 6.07) is 11.0. The number of carbonyl (C=O) groups is 1. The standard InChI is InChI=1S/C17H16N2O5/c1-23-15-8-12(9-16(11-15)24-2)6-7-17(20)18-13-4-3-5-14(10-13)19(21)22/h3-11H,1-2H3,(H,18,20)/b7-6+. The molecule has 1 N–H and O–H groups in total. The summed E-state index contributed by atoms with van der Waals surface area (Å²) in [5, 5.41) is 13.3. The van der Waals surface area contributed by atoms with Gasteiger partial charge in [-0.05, 0) is 29.8 Å². The number of hydrogen-bond donors (Lipinski definition) is 1. The van der Waals surface area contributed by atoms with E-state index in [0.717, 1.165) is 5.56 Å². The van der Waals surface area contributed by atoms with E-state index in [9.17, 15) is 14.9 Å². The van der Waals surface area contributed by atoms with Gasteiger partial charge in [-0.3, -0.25) is 14.9 Å². The SMILES string of the molecule is COc1cc(/C=C/C(=O)Nc2cccc([N+](=O)[O-])c2)cc(OC)c1. The quantitative estimate of drug-likeness (QED) is 0.499. The third kappa shape index (κ3) is 4.57. The highest BCUT2D eigenvalue weighted by Gasteiger charge is 2.07. The number of benzene rings is 2. The molecule has 0 aliphatic rings. The number of amides is 1. The number of nitro benzene ring substituents is 1. The van der Waals surface area contributed by atoms with Gasteiger partial charge in [0.25, 0.3) is 5.69 Å². The average molecular weight is 328 g/mol. The molecule has 0 radical (unpaired) electrons. The highest BCUT2D eigenvalue weighted by atomic mass is 16.6. The van der Waals surface area contributed by atoms with Crippen LogP contribution in [-0.2, 0) is 4.79 Å². The van der Waals surface area contributed by atoms with Gasteiger partial charge in [-0.15, -0.1) is 0 Å². The average Bonchev–Trinajstić information content (AvgIpc) is 2.59. The van der Waals surface area contributed by atoms with Crippen LogP contribution in [0.15, 0.2) is 48.5 Å². The Morgan fingerprint density at radius 1 is 1.12 bits per heavy atom. The minimum absolute atomic E-state index is 0.0886. The summed E-state index contributed by atoms with van der Waals surface area (Å²) in [5.41, 5.74) is 0.983. The van der Waals surface area contributed by atoms with E-state index in [-0.39, 0.29) is 5.69 Å². The van der Waals surface area contributed by atoms with Gasteiger partial charge in [-0.25, -0.2) is 0 Å². The summed E-state index contributed by atoms with van der Waals surface area (Å²) in [6.07, 6.45) is 2.92. The van der Waals surface area contributed by atoms with Gasteiger partial charge in [-0.1, -0.05) is 6.07 Å². The largest absolute Gasteiger partial charge is 0.497 e. The Bertz CT molecular complexity index is 764. The van der Waals surface area contributed by atoms with Crippen LogP contribution in [0.2, 0.25) is 0 Å². The van der Waals surface area contributed by atoms with Crippen molar-refractivity contribution in [2.24, 2.45) is 0 Å². The number of ether oxygens (including phenoxy) is 2. The second-order valence-electron chi connectivity index (χ2n) is 4.78. The predicted molar refractivity (Wildman–Crippen MR) is 90.3 cm³/mol. The van der Waals surface area contributed by atoms with Crippen molar-refractivity contribution in [1.82, 2.24) is 0 Å². The predicted octanol–water partition coefficient (Wildman–Crippen LogP) is 3.26. The molecule has 1 amide bonds. The van der Waals surface area contributed by atoms with Crippen LogP contribution in [0.1, 0.15) is 5.56 Å². The maximum Gasteiger partial charge on any atom is 0.271 e. The molecule has 0 fully saturated rings. The number of non-ortho nitro benzene ring substituents is 1. The van der Waals surface area contributed by atoms with E-state index >= 15 is 0 Å². The first-order chi connectivity index (χ1) is 11.5. The first-order valence-electron chi connectivity index (χ1n) is 6.98. The first-order valence-corrected chi connectivity index (χ1v) is 6.98. The number of rotatable bonds is 6. The molecule has 0 atom stereocenters. The molecule has 0 aliphatic carbocycles. The maximum absolute atomic E-state index is 11.9. The lowest BCUT2D eigenvalue weighted by molar-refractivity contribution is -0.384. The molecule has 124 valence electrons. The van der Waals surface area contributed by atoms with E-state index in [1.807, 2.05) is 0 Å². The van der Waals surface area contributed by atoms with E-state index < -0.39 is 10.8 Å². The van der Waals surface area contributed by atoms with Crippen molar-refractivity contribution in [3.63, 3.8) is 0 Å². The molecule has 0 saturated carbocycles. The molecule has 24 heavy (non-hydrogen) atoms. The van der Waals surface area contributed by atoms with Crippen LogP contribution in [0.3, 0.4) is 0 Å². The van der Waals surface area contributed by atoms with E-state index in [2.05, 4.69) is 5.32 Å². The summed E-state index contributed by atoms with van der Waals surface area (Å²) >= 11 is 0. The van der Waals surface area contributed by atoms with Crippen LogP contribution < -0.4 is 14.8 Å². The fraction of sp³-hybridized carbons (Fsp3) is 0.118. The van der Waals surface area contributed by atoms with Crippen molar-refractivity contribution in [2.75, 3.05) is 19.5 Å². The Kier molecular flexibility index (Phi) is 5.51. The van der Waals surface area contributed by atoms with E-state index in [1.165, 1.54) is 38.5 Å². The Morgan fingerprint density at radius 2 is 1.79 bits per heavy atom. The van der Waals surface area contributed by atoms with Crippen LogP contribution in [0.5, 0.6) is 11.5 Å². The molecule has 2 aromatic carbocycles. The van der Waals surface area contributed by atoms with Gasteiger partial charge in [0, 0.05) is 30.0 Å². The highest BCUT2D eigenvalue weighted by molar-refractivity contribution is 6.02. The van der Waals surface area contributed by atoms with E-state index in [1.54, 1.807) is 30.3 Å². The van der Waals surface area contributed by atoms with E-state index in [4.69, 9.17) is 9.47 Å². The molecule has 7 nitrogen and oxygen atoms in total. The van der Waals surface area contributed by atoms with Crippen molar-refractivity contribution >= 4 is 23.4 Å². The molecule has 0 spiro atoms. The molecule has 0 aliphatic heterocycles. The normalized spacial score (nSPS) is 10.4. The molecule has 0 aromatic heterocycles. The molecule has 0 saturated heterocycles. The summed E-state index contributed by atoms with van der Waals surface area (Å²) in [4.78, 5) is 22.2. The lowest BCUT2D eigenvalue weighted by Crippen LogP contribution is -2.07. The Labute approximate surface area is 138 Å². The van der Waals surface area contributed by atoms with Crippen molar-refractivity contribution in [3.8, 4) is 11.5 Å². The Hall–Kier alpha value is -3.35. The molecular formula is C17H16N2O5. The molecular weight excluding hydrogens is 312 g/mol. The molecule has 0 bridgehead atoms. The van der Waals surface area contributed by atoms with Crippen LogP contribution in [-0.4, -0.2) is 25.1 Å². The number of hydrogen-bond acceptors (Lipinski definition) is 5. The number of nitrogens with one attached hydrogen (secondary N) is 1. The first kappa shape index (κ1) is 17.0. The zero-order valence-electron chi connectivity index (χ0n) is 13.2. The van der Waals surface area contributed by atoms with Crippen molar-refractivity contribution in [2.45, 2.75) is 0 Å². The van der Waals surface area contributed by atoms with Gasteiger partial charge in [0.05, 0.1) is 19.1 Å². The summed E-state index contributed by atoms with van der Waals surface area (Å²) in [5.74, 6) is 0.804. The molecule has 0 heterocycles. The van der Waals surface area contributed by atoms with Crippen LogP contribution in [0.4, 0.5) is 11.4 Å². The van der Waals surface area contributed by atoms with E-state index in [0.29, 0.717) is 17.2 Å². The van der Waals surface area contributed by atoms with Gasteiger partial charge in [0.15, 0.2) is 0 Å². The fourth-order valence-electron chi connectivity index (χ4n) is 1.98. The van der Waals surface area contributed by atoms with Crippen LogP contribution in [0.25, 0.3) is 6.08 Å². The minimum Gasteiger partial charge on any atom is -0.497 e. The second kappa shape index (κ2) is 7.77. The Balaban J connectivity index is 2.10. The number of nitrogens with zero attached hydrogens (tertiary/aromatic N) is 1. The Morgan fingerprint density at radius 3 is 2.38 bits per heavy atom. The lowest BCUT2D eigenvalue weighted by atomic mass is 10.2. The van der Waals surface area contributed by atoms with Gasteiger partial charge >= 0.3 is 0 Å². The van der Waals surface area contributed by atoms with Gasteiger partial charge in [0.2, 0.25) is 5.91 Å². The molecule has 2 aromatic rings. The van der Waals surface area contributed by atoms with Crippen molar-refractivity contribution in [3.05, 3.63) is 64.2 Å². The smallest absolute Gasteiger partial charge is 0.271 e. The van der Waals surface area contributed by atoms with Gasteiger partial charge in [0.1, 0.15) is 11.5 Å². The van der Waals surface area contributed by atoms with Crippen molar-refractivity contribution < 1.29 is 19.2 Å². The summed E-state index contributed by atoms with van der Waals surface area (Å²) < 4.78 is 10.3. The highest BCUT2D eigenvalue weighted by Crippen LogP contribution is 2.23. The second-order valence-corrected chi connectivity index (χ2v) is 4.78. The third-order valence-corrected chi connectivity index (χ3v) is 3.13. The maximum atomic E-state index is 11.9.